The molecule has 2 aromatic carbocycles. The summed E-state index contributed by atoms with van der Waals surface area (Å²) < 4.78 is 29.0. The minimum atomic E-state index is -3.93. The van der Waals surface area contributed by atoms with Crippen molar-refractivity contribution in [1.29, 1.82) is 0 Å². The van der Waals surface area contributed by atoms with Crippen molar-refractivity contribution in [3.8, 4) is 0 Å². The van der Waals surface area contributed by atoms with Crippen molar-refractivity contribution in [2.75, 3.05) is 0 Å². The lowest BCUT2D eigenvalue weighted by Gasteiger charge is -2.00. The van der Waals surface area contributed by atoms with Crippen LogP contribution in [0.3, 0.4) is 0 Å². The number of nitrogens with zero attached hydrogens (tertiary/aromatic N) is 2. The van der Waals surface area contributed by atoms with E-state index in [0.717, 1.165) is 10.0 Å². The van der Waals surface area contributed by atoms with Crippen molar-refractivity contribution in [3.63, 3.8) is 0 Å². The van der Waals surface area contributed by atoms with Crippen LogP contribution in [-0.4, -0.2) is 8.42 Å². The quantitative estimate of drug-likeness (QED) is 0.611. The van der Waals surface area contributed by atoms with Gasteiger partial charge < -0.3 is 0 Å². The molecule has 104 valence electrons. The first kappa shape index (κ1) is 14.7. The number of hydrogen-bond acceptors (Lipinski definition) is 5. The van der Waals surface area contributed by atoms with E-state index in [9.17, 15) is 8.42 Å². The molecule has 0 amide bonds. The molecule has 0 heterocycles. The predicted octanol–water partition coefficient (Wildman–Crippen LogP) is 4.16. The zero-order valence-corrected chi connectivity index (χ0v) is 12.9. The Morgan fingerprint density at radius 3 is 2.20 bits per heavy atom. The van der Waals surface area contributed by atoms with Crippen molar-refractivity contribution in [2.24, 2.45) is 10.4 Å². The van der Waals surface area contributed by atoms with Gasteiger partial charge in [-0.2, -0.15) is 8.42 Å². The fraction of sp³-hybridized carbons (Fsp3) is 0.0769. The number of hydrogen-bond donors (Lipinski definition) is 0. The molecular formula is C13H11BrN2O3S. The first-order valence-corrected chi connectivity index (χ1v) is 7.84. The van der Waals surface area contributed by atoms with Gasteiger partial charge in [-0.25, -0.2) is 4.28 Å². The average Bonchev–Trinajstić information content (AvgIpc) is 2.41. The number of halogens is 1. The van der Waals surface area contributed by atoms with Gasteiger partial charge in [0, 0.05) is 9.75 Å². The van der Waals surface area contributed by atoms with E-state index in [1.807, 2.05) is 6.92 Å². The second-order valence-corrected chi connectivity index (χ2v) is 6.44. The van der Waals surface area contributed by atoms with Crippen LogP contribution in [-0.2, 0) is 14.4 Å². The van der Waals surface area contributed by atoms with Crippen LogP contribution in [0.25, 0.3) is 0 Å². The molecule has 0 aliphatic carbocycles. The van der Waals surface area contributed by atoms with Gasteiger partial charge in [0.15, 0.2) is 0 Å². The molecule has 2 rings (SSSR count). The topological polar surface area (TPSA) is 68.1 Å². The molecule has 0 aliphatic heterocycles. The predicted molar refractivity (Wildman–Crippen MR) is 78.1 cm³/mol. The lowest BCUT2D eigenvalue weighted by molar-refractivity contribution is 0.314. The Balaban J connectivity index is 2.09. The Bertz CT molecular complexity index is 710. The Kier molecular flexibility index (Phi) is 4.51. The highest BCUT2D eigenvalue weighted by molar-refractivity contribution is 9.10. The Morgan fingerprint density at radius 1 is 1.00 bits per heavy atom. The van der Waals surface area contributed by atoms with Gasteiger partial charge in [0.25, 0.3) is 0 Å². The third-order valence-electron chi connectivity index (χ3n) is 2.42. The molecule has 0 aliphatic rings. The van der Waals surface area contributed by atoms with E-state index in [4.69, 9.17) is 0 Å². The van der Waals surface area contributed by atoms with Gasteiger partial charge in [-0.1, -0.05) is 33.6 Å². The maximum atomic E-state index is 11.8. The van der Waals surface area contributed by atoms with E-state index in [0.29, 0.717) is 5.69 Å². The van der Waals surface area contributed by atoms with Gasteiger partial charge >= 0.3 is 10.1 Å². The Labute approximate surface area is 125 Å². The monoisotopic (exact) mass is 354 g/mol. The van der Waals surface area contributed by atoms with Gasteiger partial charge in [0.05, 0.1) is 5.69 Å². The van der Waals surface area contributed by atoms with E-state index >= 15 is 0 Å². The fourth-order valence-electron chi connectivity index (χ4n) is 1.36. The molecule has 0 saturated heterocycles. The first-order valence-electron chi connectivity index (χ1n) is 5.64. The van der Waals surface area contributed by atoms with Gasteiger partial charge in [0.1, 0.15) is 4.90 Å². The van der Waals surface area contributed by atoms with Gasteiger partial charge in [-0.05, 0) is 43.3 Å². The van der Waals surface area contributed by atoms with Crippen LogP contribution < -0.4 is 0 Å². The Hall–Kier alpha value is -1.73. The molecule has 0 N–H and O–H groups in total. The minimum absolute atomic E-state index is 0.0397. The minimum Gasteiger partial charge on any atom is -0.244 e. The maximum absolute atomic E-state index is 11.8. The van der Waals surface area contributed by atoms with Crippen molar-refractivity contribution in [1.82, 2.24) is 0 Å². The zero-order valence-electron chi connectivity index (χ0n) is 10.5. The van der Waals surface area contributed by atoms with E-state index in [1.165, 1.54) is 12.1 Å². The van der Waals surface area contributed by atoms with Crippen molar-refractivity contribution in [2.45, 2.75) is 11.8 Å². The van der Waals surface area contributed by atoms with Crippen LogP contribution in [0.1, 0.15) is 5.56 Å². The molecule has 0 spiro atoms. The third kappa shape index (κ3) is 3.88. The smallest absolute Gasteiger partial charge is 0.244 e. The molecule has 0 aromatic heterocycles. The van der Waals surface area contributed by atoms with Crippen LogP contribution >= 0.6 is 15.9 Å². The molecule has 0 unspecified atom stereocenters. The summed E-state index contributed by atoms with van der Waals surface area (Å²) in [6, 6.07) is 13.2. The molecule has 0 saturated carbocycles. The van der Waals surface area contributed by atoms with Crippen LogP contribution in [0.2, 0.25) is 0 Å². The van der Waals surface area contributed by atoms with E-state index in [1.54, 1.807) is 36.4 Å². The molecule has 5 nitrogen and oxygen atoms in total. The third-order valence-corrected chi connectivity index (χ3v) is 4.07. The molecule has 0 bridgehead atoms. The zero-order chi connectivity index (χ0) is 14.6. The van der Waals surface area contributed by atoms with Crippen molar-refractivity contribution >= 4 is 31.7 Å². The molecule has 0 fully saturated rings. The second-order valence-electron chi connectivity index (χ2n) is 4.00. The van der Waals surface area contributed by atoms with E-state index in [2.05, 4.69) is 30.6 Å². The summed E-state index contributed by atoms with van der Waals surface area (Å²) in [4.78, 5) is 0.0397. The second kappa shape index (κ2) is 6.15. The molecule has 7 heteroatoms. The van der Waals surface area contributed by atoms with Crippen LogP contribution in [0, 0.1) is 6.92 Å². The summed E-state index contributed by atoms with van der Waals surface area (Å²) in [5.41, 5.74) is 1.45. The number of benzene rings is 2. The van der Waals surface area contributed by atoms with E-state index < -0.39 is 10.1 Å². The van der Waals surface area contributed by atoms with Crippen molar-refractivity contribution in [3.05, 3.63) is 58.6 Å². The number of rotatable bonds is 4. The highest BCUT2D eigenvalue weighted by Gasteiger charge is 2.15. The molecule has 0 radical (unpaired) electrons. The SMILES string of the molecule is Cc1ccc(S(=O)(=O)ON=Nc2ccc(Br)cc2)cc1. The molecule has 20 heavy (non-hydrogen) atoms. The highest BCUT2D eigenvalue weighted by Crippen LogP contribution is 2.18. The molecule has 0 atom stereocenters. The lowest BCUT2D eigenvalue weighted by atomic mass is 10.2. The van der Waals surface area contributed by atoms with Crippen molar-refractivity contribution < 1.29 is 12.7 Å². The van der Waals surface area contributed by atoms with Crippen LogP contribution in [0.5, 0.6) is 0 Å². The van der Waals surface area contributed by atoms with Crippen LogP contribution in [0.15, 0.2) is 68.3 Å². The summed E-state index contributed by atoms with van der Waals surface area (Å²) in [5.74, 6) is 0. The molecular weight excluding hydrogens is 344 g/mol. The molecule has 2 aromatic rings. The Morgan fingerprint density at radius 2 is 1.60 bits per heavy atom. The summed E-state index contributed by atoms with van der Waals surface area (Å²) >= 11 is 3.28. The van der Waals surface area contributed by atoms with Crippen LogP contribution in [0.4, 0.5) is 5.69 Å². The van der Waals surface area contributed by atoms with Gasteiger partial charge in [-0.3, -0.25) is 0 Å². The van der Waals surface area contributed by atoms with Gasteiger partial charge in [0.2, 0.25) is 0 Å². The summed E-state index contributed by atoms with van der Waals surface area (Å²) in [6.45, 7) is 1.87. The first-order chi connectivity index (χ1) is 9.47. The summed E-state index contributed by atoms with van der Waals surface area (Å²) in [7, 11) is -3.93. The highest BCUT2D eigenvalue weighted by atomic mass is 79.9. The van der Waals surface area contributed by atoms with Gasteiger partial charge in [-0.15, -0.1) is 5.11 Å². The normalized spacial score (nSPS) is 11.7. The summed E-state index contributed by atoms with van der Waals surface area (Å²) in [5, 5.41) is 6.94. The summed E-state index contributed by atoms with van der Waals surface area (Å²) in [6.07, 6.45) is 0. The number of aryl methyl sites for hydroxylation is 1. The van der Waals surface area contributed by atoms with E-state index in [-0.39, 0.29) is 4.90 Å². The lowest BCUT2D eigenvalue weighted by Crippen LogP contribution is -2.01. The standard InChI is InChI=1S/C13H11BrN2O3S/c1-10-2-8-13(9-3-10)20(17,18)19-16-15-12-6-4-11(14)5-7-12/h2-9H,1H3. The average molecular weight is 355 g/mol. The largest absolute Gasteiger partial charge is 0.359 e. The maximum Gasteiger partial charge on any atom is 0.359 e. The fourth-order valence-corrected chi connectivity index (χ4v) is 2.30.